The summed E-state index contributed by atoms with van der Waals surface area (Å²) in [5, 5.41) is 0.729. The third kappa shape index (κ3) is 4.41. The van der Waals surface area contributed by atoms with Crippen LogP contribution < -0.4 is 4.72 Å². The molecular formula is C12H18BrNO2S. The van der Waals surface area contributed by atoms with E-state index in [1.54, 1.807) is 12.1 Å². The third-order valence-corrected chi connectivity index (χ3v) is 4.72. The summed E-state index contributed by atoms with van der Waals surface area (Å²) in [6.45, 7) is 3.92. The molecule has 0 fully saturated rings. The largest absolute Gasteiger partial charge is 0.240 e. The number of nitrogens with one attached hydrogen (secondary N) is 1. The second-order valence-electron chi connectivity index (χ2n) is 4.09. The van der Waals surface area contributed by atoms with Gasteiger partial charge in [-0.15, -0.1) is 0 Å². The van der Waals surface area contributed by atoms with Gasteiger partial charge in [-0.1, -0.05) is 41.4 Å². The van der Waals surface area contributed by atoms with Crippen LogP contribution in [-0.2, 0) is 15.4 Å². The predicted octanol–water partition coefficient (Wildman–Crippen LogP) is 3.05. The Hall–Kier alpha value is -0.390. The van der Waals surface area contributed by atoms with Crippen LogP contribution in [0.4, 0.5) is 0 Å². The van der Waals surface area contributed by atoms with Crippen LogP contribution in [0.2, 0.25) is 0 Å². The van der Waals surface area contributed by atoms with Crippen molar-refractivity contribution in [2.75, 3.05) is 0 Å². The van der Waals surface area contributed by atoms with E-state index in [0.29, 0.717) is 4.90 Å². The Labute approximate surface area is 112 Å². The first-order valence-electron chi connectivity index (χ1n) is 5.67. The minimum Gasteiger partial charge on any atom is -0.208 e. The monoisotopic (exact) mass is 319 g/mol. The van der Waals surface area contributed by atoms with Gasteiger partial charge in [-0.2, -0.15) is 0 Å². The lowest BCUT2D eigenvalue weighted by atomic mass is 10.2. The number of sulfonamides is 1. The van der Waals surface area contributed by atoms with Crippen LogP contribution in [0.15, 0.2) is 29.2 Å². The molecule has 17 heavy (non-hydrogen) atoms. The maximum atomic E-state index is 12.0. The zero-order chi connectivity index (χ0) is 12.9. The van der Waals surface area contributed by atoms with Gasteiger partial charge in [-0.25, -0.2) is 13.1 Å². The van der Waals surface area contributed by atoms with Crippen molar-refractivity contribution >= 4 is 26.0 Å². The fourth-order valence-corrected chi connectivity index (χ4v) is 3.23. The smallest absolute Gasteiger partial charge is 0.208 e. The highest BCUT2D eigenvalue weighted by molar-refractivity contribution is 9.08. The lowest BCUT2D eigenvalue weighted by molar-refractivity contribution is 0.544. The molecule has 0 radical (unpaired) electrons. The van der Waals surface area contributed by atoms with Crippen molar-refractivity contribution in [1.82, 2.24) is 4.72 Å². The van der Waals surface area contributed by atoms with Gasteiger partial charge in [-0.05, 0) is 31.0 Å². The lowest BCUT2D eigenvalue weighted by Gasteiger charge is -2.13. The Bertz CT molecular complexity index is 442. The first-order chi connectivity index (χ1) is 7.99. The molecule has 0 aliphatic carbocycles. The molecule has 1 unspecified atom stereocenters. The van der Waals surface area contributed by atoms with Crippen molar-refractivity contribution in [2.24, 2.45) is 0 Å². The standard InChI is InChI=1S/C12H18BrNO2S/c1-3-4-10(2)14-17(15,16)12-7-5-11(9-13)6-8-12/h5-8,10,14H,3-4,9H2,1-2H3. The molecule has 0 saturated heterocycles. The Morgan fingerprint density at radius 3 is 2.35 bits per heavy atom. The summed E-state index contributed by atoms with van der Waals surface area (Å²) in [5.74, 6) is 0. The SMILES string of the molecule is CCCC(C)NS(=O)(=O)c1ccc(CBr)cc1. The summed E-state index contributed by atoms with van der Waals surface area (Å²) in [6.07, 6.45) is 1.81. The molecule has 1 N–H and O–H groups in total. The van der Waals surface area contributed by atoms with Crippen LogP contribution >= 0.6 is 15.9 Å². The summed E-state index contributed by atoms with van der Waals surface area (Å²) in [4.78, 5) is 0.324. The van der Waals surface area contributed by atoms with E-state index in [1.807, 2.05) is 26.0 Å². The van der Waals surface area contributed by atoms with Gasteiger partial charge in [0.1, 0.15) is 0 Å². The Balaban J connectivity index is 2.82. The molecular weight excluding hydrogens is 302 g/mol. The van der Waals surface area contributed by atoms with Gasteiger partial charge in [0.15, 0.2) is 0 Å². The van der Waals surface area contributed by atoms with Crippen molar-refractivity contribution in [3.8, 4) is 0 Å². The normalized spacial score (nSPS) is 13.6. The summed E-state index contributed by atoms with van der Waals surface area (Å²) >= 11 is 3.33. The van der Waals surface area contributed by atoms with Crippen LogP contribution in [0.25, 0.3) is 0 Å². The average molecular weight is 320 g/mol. The van der Waals surface area contributed by atoms with Crippen LogP contribution in [-0.4, -0.2) is 14.5 Å². The Kier molecular flexibility index (Phi) is 5.62. The van der Waals surface area contributed by atoms with Gasteiger partial charge in [0.05, 0.1) is 4.90 Å². The van der Waals surface area contributed by atoms with Crippen molar-refractivity contribution in [1.29, 1.82) is 0 Å². The lowest BCUT2D eigenvalue weighted by Crippen LogP contribution is -2.32. The average Bonchev–Trinajstić information content (AvgIpc) is 2.28. The number of rotatable bonds is 6. The molecule has 5 heteroatoms. The number of benzene rings is 1. The van der Waals surface area contributed by atoms with E-state index in [9.17, 15) is 8.42 Å². The summed E-state index contributed by atoms with van der Waals surface area (Å²) in [6, 6.07) is 6.87. The molecule has 0 amide bonds. The minimum absolute atomic E-state index is 0.0270. The van der Waals surface area contributed by atoms with E-state index in [4.69, 9.17) is 0 Å². The fraction of sp³-hybridized carbons (Fsp3) is 0.500. The predicted molar refractivity (Wildman–Crippen MR) is 73.8 cm³/mol. The van der Waals surface area contributed by atoms with Gasteiger partial charge in [0, 0.05) is 11.4 Å². The van der Waals surface area contributed by atoms with E-state index in [0.717, 1.165) is 23.7 Å². The maximum Gasteiger partial charge on any atom is 0.240 e. The Morgan fingerprint density at radius 2 is 1.88 bits per heavy atom. The van der Waals surface area contributed by atoms with E-state index in [1.165, 1.54) is 0 Å². The van der Waals surface area contributed by atoms with Gasteiger partial charge in [-0.3, -0.25) is 0 Å². The molecule has 1 rings (SSSR count). The molecule has 0 aromatic heterocycles. The van der Waals surface area contributed by atoms with Crippen LogP contribution in [0.3, 0.4) is 0 Å². The second-order valence-corrected chi connectivity index (χ2v) is 6.36. The molecule has 3 nitrogen and oxygen atoms in total. The van der Waals surface area contributed by atoms with Crippen molar-refractivity contribution in [2.45, 2.75) is 43.0 Å². The quantitative estimate of drug-likeness (QED) is 0.819. The van der Waals surface area contributed by atoms with Gasteiger partial charge in [0.25, 0.3) is 0 Å². The number of alkyl halides is 1. The summed E-state index contributed by atoms with van der Waals surface area (Å²) in [7, 11) is -3.37. The molecule has 0 aliphatic rings. The van der Waals surface area contributed by atoms with Gasteiger partial charge < -0.3 is 0 Å². The highest BCUT2D eigenvalue weighted by Crippen LogP contribution is 2.13. The highest BCUT2D eigenvalue weighted by Gasteiger charge is 2.16. The molecule has 1 atom stereocenters. The zero-order valence-electron chi connectivity index (χ0n) is 10.1. The first kappa shape index (κ1) is 14.7. The number of hydrogen-bond donors (Lipinski definition) is 1. The van der Waals surface area contributed by atoms with Crippen LogP contribution in [0.1, 0.15) is 32.3 Å². The summed E-state index contributed by atoms with van der Waals surface area (Å²) in [5.41, 5.74) is 1.06. The van der Waals surface area contributed by atoms with Crippen LogP contribution in [0.5, 0.6) is 0 Å². The molecule has 0 bridgehead atoms. The van der Waals surface area contributed by atoms with Gasteiger partial charge >= 0.3 is 0 Å². The van der Waals surface area contributed by atoms with Gasteiger partial charge in [0.2, 0.25) is 10.0 Å². The second kappa shape index (κ2) is 6.52. The zero-order valence-corrected chi connectivity index (χ0v) is 12.5. The summed E-state index contributed by atoms with van der Waals surface area (Å²) < 4.78 is 26.7. The molecule has 1 aromatic rings. The van der Waals surface area contributed by atoms with E-state index < -0.39 is 10.0 Å². The number of halogens is 1. The van der Waals surface area contributed by atoms with Crippen LogP contribution in [0, 0.1) is 0 Å². The van der Waals surface area contributed by atoms with Crippen molar-refractivity contribution in [3.63, 3.8) is 0 Å². The van der Waals surface area contributed by atoms with E-state index >= 15 is 0 Å². The molecule has 0 saturated carbocycles. The van der Waals surface area contributed by atoms with Crippen molar-refractivity contribution < 1.29 is 8.42 Å². The van der Waals surface area contributed by atoms with E-state index in [-0.39, 0.29) is 6.04 Å². The third-order valence-electron chi connectivity index (χ3n) is 2.47. The molecule has 0 heterocycles. The first-order valence-corrected chi connectivity index (χ1v) is 8.27. The number of hydrogen-bond acceptors (Lipinski definition) is 2. The van der Waals surface area contributed by atoms with E-state index in [2.05, 4.69) is 20.7 Å². The topological polar surface area (TPSA) is 46.2 Å². The molecule has 0 aliphatic heterocycles. The fourth-order valence-electron chi connectivity index (χ4n) is 1.58. The molecule has 1 aromatic carbocycles. The molecule has 0 spiro atoms. The highest BCUT2D eigenvalue weighted by atomic mass is 79.9. The molecule has 96 valence electrons. The maximum absolute atomic E-state index is 12.0. The minimum atomic E-state index is -3.37. The van der Waals surface area contributed by atoms with Crippen molar-refractivity contribution in [3.05, 3.63) is 29.8 Å². The Morgan fingerprint density at radius 1 is 1.29 bits per heavy atom.